The molecule has 248 valence electrons. The second-order valence-electron chi connectivity index (χ2n) is 16.2. The number of H-pyrrole nitrogens is 1. The quantitative estimate of drug-likeness (QED) is 0.210. The van der Waals surface area contributed by atoms with Crippen molar-refractivity contribution in [2.24, 2.45) is 10.8 Å². The predicted molar refractivity (Wildman–Crippen MR) is 193 cm³/mol. The summed E-state index contributed by atoms with van der Waals surface area (Å²) < 4.78 is 5.97. The molecule has 4 bridgehead atoms. The Labute approximate surface area is 283 Å². The van der Waals surface area contributed by atoms with Gasteiger partial charge < -0.3 is 0 Å². The van der Waals surface area contributed by atoms with Crippen LogP contribution in [0.4, 0.5) is 0 Å². The summed E-state index contributed by atoms with van der Waals surface area (Å²) in [7, 11) is 0. The van der Waals surface area contributed by atoms with Crippen molar-refractivity contribution in [3.05, 3.63) is 140 Å². The molecule has 0 spiro atoms. The Kier molecular flexibility index (Phi) is 6.83. The van der Waals surface area contributed by atoms with E-state index in [1.807, 2.05) is 65.3 Å². The van der Waals surface area contributed by atoms with Gasteiger partial charge in [-0.1, -0.05) is 108 Å². The Bertz CT molecular complexity index is 2110. The van der Waals surface area contributed by atoms with Crippen LogP contribution in [0.25, 0.3) is 11.4 Å². The van der Waals surface area contributed by atoms with Crippen molar-refractivity contribution in [1.29, 1.82) is 0 Å². The normalized spacial score (nSPS) is 26.6. The average Bonchev–Trinajstić information content (AvgIpc) is 3.81. The van der Waals surface area contributed by atoms with E-state index < -0.39 is 0 Å². The number of nitrogens with zero attached hydrogens (tertiary/aromatic N) is 3. The lowest BCUT2D eigenvalue weighted by Gasteiger charge is -2.36. The summed E-state index contributed by atoms with van der Waals surface area (Å²) in [5.74, 6) is 0.768. The number of para-hydroxylation sites is 2. The van der Waals surface area contributed by atoms with Crippen LogP contribution in [0.5, 0.6) is 0 Å². The van der Waals surface area contributed by atoms with E-state index in [-0.39, 0.29) is 32.8 Å². The third-order valence-electron chi connectivity index (χ3n) is 13.8. The smallest absolute Gasteiger partial charge is 0.275 e. The lowest BCUT2D eigenvalue weighted by atomic mass is 9.70. The van der Waals surface area contributed by atoms with Crippen molar-refractivity contribution in [2.45, 2.75) is 103 Å². The van der Waals surface area contributed by atoms with Gasteiger partial charge in [0.2, 0.25) is 0 Å². The summed E-state index contributed by atoms with van der Waals surface area (Å²) in [6, 6.07) is 30.6. The van der Waals surface area contributed by atoms with Crippen LogP contribution in [0.15, 0.2) is 101 Å². The Morgan fingerprint density at radius 1 is 0.646 bits per heavy atom. The van der Waals surface area contributed by atoms with Crippen LogP contribution in [-0.4, -0.2) is 19.1 Å². The number of aromatic amines is 1. The monoisotopic (exact) mass is 640 g/mol. The van der Waals surface area contributed by atoms with Crippen molar-refractivity contribution in [3.8, 4) is 11.4 Å². The van der Waals surface area contributed by atoms with Gasteiger partial charge in [0.1, 0.15) is 0 Å². The van der Waals surface area contributed by atoms with Gasteiger partial charge in [-0.2, -0.15) is 0 Å². The lowest BCUT2D eigenvalue weighted by Crippen LogP contribution is -2.36. The minimum absolute atomic E-state index is 0.0584. The molecule has 2 aromatic heterocycles. The predicted octanol–water partition coefficient (Wildman–Crippen LogP) is 8.40. The fourth-order valence-corrected chi connectivity index (χ4v) is 10.2. The van der Waals surface area contributed by atoms with Gasteiger partial charge in [0.15, 0.2) is 0 Å². The molecule has 0 saturated heterocycles. The Balaban J connectivity index is 0.000000148. The first-order valence-electron chi connectivity index (χ1n) is 17.8. The van der Waals surface area contributed by atoms with Gasteiger partial charge in [0.05, 0.1) is 17.1 Å². The van der Waals surface area contributed by atoms with Crippen LogP contribution in [0.1, 0.15) is 107 Å². The SMILES string of the molecule is CC1(C)[C@@H]2CC[C@@]1(C)c1[nH]n(-c3ccccc3)c(=O)c12.CC1(C)[C@@H]2CC[C@@]1(C)c1c2c(=O)n(-c2ccccc2)n1CCc1ccccc1. The molecular formula is C42H48N4O2. The molecule has 1 N–H and O–H groups in total. The van der Waals surface area contributed by atoms with Gasteiger partial charge >= 0.3 is 0 Å². The summed E-state index contributed by atoms with van der Waals surface area (Å²) in [5.41, 5.74) is 8.60. The van der Waals surface area contributed by atoms with E-state index in [0.29, 0.717) is 11.8 Å². The van der Waals surface area contributed by atoms with E-state index in [2.05, 4.69) is 81.7 Å². The van der Waals surface area contributed by atoms with Crippen molar-refractivity contribution in [2.75, 3.05) is 0 Å². The molecule has 48 heavy (non-hydrogen) atoms. The first-order chi connectivity index (χ1) is 22.9. The molecule has 5 aromatic rings. The third-order valence-corrected chi connectivity index (χ3v) is 13.8. The van der Waals surface area contributed by atoms with Gasteiger partial charge in [-0.15, -0.1) is 0 Å². The molecule has 9 rings (SSSR count). The summed E-state index contributed by atoms with van der Waals surface area (Å²) in [6.07, 6.45) is 5.53. The molecule has 2 heterocycles. The maximum absolute atomic E-state index is 13.7. The second kappa shape index (κ2) is 10.6. The lowest BCUT2D eigenvalue weighted by molar-refractivity contribution is 0.215. The van der Waals surface area contributed by atoms with Gasteiger partial charge in [-0.05, 0) is 84.6 Å². The van der Waals surface area contributed by atoms with E-state index >= 15 is 0 Å². The number of aromatic nitrogens is 4. The molecule has 6 heteroatoms. The zero-order valence-corrected chi connectivity index (χ0v) is 29.2. The molecule has 0 unspecified atom stereocenters. The number of rotatable bonds is 5. The van der Waals surface area contributed by atoms with Crippen LogP contribution < -0.4 is 11.1 Å². The highest BCUT2D eigenvalue weighted by molar-refractivity contribution is 5.48. The molecule has 0 aliphatic heterocycles. The summed E-state index contributed by atoms with van der Waals surface area (Å²) in [4.78, 5) is 26.5. The van der Waals surface area contributed by atoms with Crippen molar-refractivity contribution >= 4 is 0 Å². The number of fused-ring (bicyclic) bond motifs is 10. The van der Waals surface area contributed by atoms with Crippen molar-refractivity contribution < 1.29 is 0 Å². The van der Waals surface area contributed by atoms with Gasteiger partial charge in [0.25, 0.3) is 11.1 Å². The molecule has 2 saturated carbocycles. The Morgan fingerprint density at radius 2 is 1.17 bits per heavy atom. The largest absolute Gasteiger partial charge is 0.294 e. The molecule has 4 atom stereocenters. The van der Waals surface area contributed by atoms with Gasteiger partial charge in [-0.25, -0.2) is 9.36 Å². The zero-order chi connectivity index (χ0) is 33.6. The molecule has 2 fully saturated rings. The topological polar surface area (TPSA) is 64.7 Å². The van der Waals surface area contributed by atoms with Crippen LogP contribution in [-0.2, 0) is 23.8 Å². The summed E-state index contributed by atoms with van der Waals surface area (Å²) in [6.45, 7) is 14.9. The average molecular weight is 641 g/mol. The van der Waals surface area contributed by atoms with Gasteiger partial charge in [-0.3, -0.25) is 19.4 Å². The zero-order valence-electron chi connectivity index (χ0n) is 29.2. The fraction of sp³-hybridized carbons (Fsp3) is 0.429. The molecule has 3 aromatic carbocycles. The van der Waals surface area contributed by atoms with Crippen molar-refractivity contribution in [1.82, 2.24) is 19.1 Å². The fourth-order valence-electron chi connectivity index (χ4n) is 10.2. The molecular weight excluding hydrogens is 592 g/mol. The highest BCUT2D eigenvalue weighted by Crippen LogP contribution is 2.68. The number of hydrogen-bond donors (Lipinski definition) is 1. The van der Waals surface area contributed by atoms with Crippen molar-refractivity contribution in [3.63, 3.8) is 0 Å². The maximum Gasteiger partial charge on any atom is 0.275 e. The Morgan fingerprint density at radius 3 is 1.77 bits per heavy atom. The van der Waals surface area contributed by atoms with Gasteiger partial charge in [0, 0.05) is 34.2 Å². The minimum Gasteiger partial charge on any atom is -0.294 e. The number of hydrogen-bond acceptors (Lipinski definition) is 2. The van der Waals surface area contributed by atoms with E-state index in [1.165, 1.54) is 29.8 Å². The van der Waals surface area contributed by atoms with E-state index in [1.54, 1.807) is 4.68 Å². The van der Waals surface area contributed by atoms with Crippen LogP contribution >= 0.6 is 0 Å². The summed E-state index contributed by atoms with van der Waals surface area (Å²) >= 11 is 0. The van der Waals surface area contributed by atoms with E-state index in [4.69, 9.17) is 0 Å². The van der Waals surface area contributed by atoms with Crippen LogP contribution in [0.2, 0.25) is 0 Å². The molecule has 0 radical (unpaired) electrons. The number of nitrogens with one attached hydrogen (secondary N) is 1. The highest BCUT2D eigenvalue weighted by Gasteiger charge is 2.63. The third kappa shape index (κ3) is 4.04. The first kappa shape index (κ1) is 31.0. The van der Waals surface area contributed by atoms with Crippen LogP contribution in [0, 0.1) is 10.8 Å². The molecule has 0 amide bonds. The molecule has 4 aliphatic rings. The number of benzene rings is 3. The first-order valence-corrected chi connectivity index (χ1v) is 17.8. The van der Waals surface area contributed by atoms with E-state index in [9.17, 15) is 9.59 Å². The minimum atomic E-state index is 0.0584. The highest BCUT2D eigenvalue weighted by atomic mass is 16.1. The molecule has 6 nitrogen and oxygen atoms in total. The second-order valence-corrected chi connectivity index (χ2v) is 16.2. The Hall–Kier alpha value is -4.32. The van der Waals surface area contributed by atoms with Crippen LogP contribution in [0.3, 0.4) is 0 Å². The number of aryl methyl sites for hydroxylation is 1. The summed E-state index contributed by atoms with van der Waals surface area (Å²) in [5, 5.41) is 3.41. The van der Waals surface area contributed by atoms with E-state index in [0.717, 1.165) is 48.3 Å². The standard InChI is InChI=1S/C25H28N2O.C17H20N2O/c1-24(2)20-14-16-25(24,3)22-21(20)23(28)27(19-12-8-5-9-13-19)26(22)17-15-18-10-6-4-7-11-18;1-16(2)12-9-10-17(16,3)14-13(12)15(20)19(18-14)11-7-5-4-6-8-11/h4-13,20H,14-17H2,1-3H3;4-8,12,18H,9-10H2,1-3H3/t20-,25+;12-,17+/m11/s1. The molecule has 4 aliphatic carbocycles. The maximum atomic E-state index is 13.7.